The van der Waals surface area contributed by atoms with Crippen molar-refractivity contribution >= 4 is 57.7 Å². The lowest BCUT2D eigenvalue weighted by atomic mass is 10.0. The number of nitrogens with two attached hydrogens (primary N) is 1. The normalized spacial score (nSPS) is 14.3. The largest absolute Gasteiger partial charge is 0.483 e. The molecule has 0 saturated carbocycles. The number of urea groups is 1. The first-order valence-electron chi connectivity index (χ1n) is 9.38. The zero-order chi connectivity index (χ0) is 23.4. The minimum absolute atomic E-state index is 0.00429. The summed E-state index contributed by atoms with van der Waals surface area (Å²) in [6.45, 7) is -0.647. The highest BCUT2D eigenvalue weighted by molar-refractivity contribution is 7.11. The summed E-state index contributed by atoms with van der Waals surface area (Å²) in [4.78, 5) is 48.2. The molecule has 9 nitrogen and oxygen atoms in total. The number of fused-ring (bicyclic) bond motifs is 1. The van der Waals surface area contributed by atoms with Gasteiger partial charge in [-0.25, -0.2) is 14.1 Å². The molecule has 0 saturated heterocycles. The molecule has 0 bridgehead atoms. The third-order valence-electron chi connectivity index (χ3n) is 4.58. The lowest BCUT2D eigenvalue weighted by Gasteiger charge is -2.13. The van der Waals surface area contributed by atoms with Crippen molar-refractivity contribution in [1.29, 1.82) is 0 Å². The monoisotopic (exact) mass is 481 g/mol. The quantitative estimate of drug-likeness (QED) is 0.190. The van der Waals surface area contributed by atoms with Crippen molar-refractivity contribution < 1.29 is 28.4 Å². The molecule has 3 amide bonds. The third-order valence-corrected chi connectivity index (χ3v) is 5.74. The van der Waals surface area contributed by atoms with Crippen molar-refractivity contribution in [2.24, 2.45) is 5.73 Å². The smallest absolute Gasteiger partial charge is 0.326 e. The summed E-state index contributed by atoms with van der Waals surface area (Å²) in [7, 11) is 0. The second kappa shape index (κ2) is 9.88. The molecule has 0 fully saturated rings. The van der Waals surface area contributed by atoms with Crippen LogP contribution in [0.25, 0.3) is 11.3 Å². The van der Waals surface area contributed by atoms with Crippen LogP contribution in [0.5, 0.6) is 0 Å². The maximum absolute atomic E-state index is 14.2. The van der Waals surface area contributed by atoms with Crippen LogP contribution in [-0.2, 0) is 14.3 Å². The van der Waals surface area contributed by atoms with Gasteiger partial charge in [-0.3, -0.25) is 19.7 Å². The van der Waals surface area contributed by atoms with Crippen molar-refractivity contribution in [3.05, 3.63) is 61.0 Å². The van der Waals surface area contributed by atoms with Gasteiger partial charge in [0.15, 0.2) is 11.5 Å². The fourth-order valence-corrected chi connectivity index (χ4v) is 4.05. The number of halogens is 2. The first-order valence-corrected chi connectivity index (χ1v) is 10.6. The van der Waals surface area contributed by atoms with E-state index in [4.69, 9.17) is 22.1 Å². The lowest BCUT2D eigenvalue weighted by Crippen LogP contribution is -2.38. The number of hydrogen-bond donors (Lipinski definition) is 1. The number of nitro groups is 1. The topological polar surface area (TPSA) is 133 Å². The highest BCUT2D eigenvalue weighted by Crippen LogP contribution is 2.43. The number of ether oxygens (including phenoxy) is 1. The van der Waals surface area contributed by atoms with E-state index in [1.165, 1.54) is 11.3 Å². The van der Waals surface area contributed by atoms with Gasteiger partial charge in [-0.1, -0.05) is 17.7 Å². The molecule has 2 N–H and O–H groups in total. The predicted octanol–water partition coefficient (Wildman–Crippen LogP) is 3.87. The second-order valence-electron chi connectivity index (χ2n) is 6.78. The number of benzene rings is 1. The molecule has 1 aromatic carbocycles. The first-order chi connectivity index (χ1) is 15.2. The van der Waals surface area contributed by atoms with Crippen molar-refractivity contribution in [3.63, 3.8) is 0 Å². The van der Waals surface area contributed by atoms with Gasteiger partial charge in [0.25, 0.3) is 5.91 Å². The number of unbranched alkanes of at least 4 members (excludes halogenated alkanes) is 1. The van der Waals surface area contributed by atoms with Crippen molar-refractivity contribution in [1.82, 2.24) is 0 Å². The maximum atomic E-state index is 14.2. The molecule has 32 heavy (non-hydrogen) atoms. The Bertz CT molecular complexity index is 1120. The Morgan fingerprint density at radius 3 is 2.69 bits per heavy atom. The first kappa shape index (κ1) is 23.4. The van der Waals surface area contributed by atoms with Crippen molar-refractivity contribution in [3.8, 4) is 0 Å². The molecule has 2 aromatic rings. The van der Waals surface area contributed by atoms with Crippen LogP contribution in [-0.4, -0.2) is 35.8 Å². The average Bonchev–Trinajstić information content (AvgIpc) is 3.33. The van der Waals surface area contributed by atoms with Gasteiger partial charge >= 0.3 is 6.03 Å². The SMILES string of the molecule is NC(=O)N1C(=O)/C(=C(/OCC(=O)CCCC[N+](=O)[O-])c2cccs2)c2cc(F)c(Cl)cc21. The summed E-state index contributed by atoms with van der Waals surface area (Å²) in [6.07, 6.45) is 0.620. The van der Waals surface area contributed by atoms with E-state index in [9.17, 15) is 28.9 Å². The molecular formula is C20H17ClFN3O6S. The van der Waals surface area contributed by atoms with Gasteiger partial charge in [0.05, 0.1) is 21.2 Å². The lowest BCUT2D eigenvalue weighted by molar-refractivity contribution is -0.480. The minimum Gasteiger partial charge on any atom is -0.483 e. The number of thiophene rings is 1. The van der Waals surface area contributed by atoms with Gasteiger partial charge in [0.1, 0.15) is 12.4 Å². The molecule has 2 heterocycles. The van der Waals surface area contributed by atoms with Crippen LogP contribution < -0.4 is 10.6 Å². The summed E-state index contributed by atoms with van der Waals surface area (Å²) in [5.41, 5.74) is 5.28. The molecule has 12 heteroatoms. The molecule has 0 atom stereocenters. The number of hydrogen-bond acceptors (Lipinski definition) is 7. The van der Waals surface area contributed by atoms with Gasteiger partial charge in [0, 0.05) is 23.3 Å². The molecule has 3 rings (SSSR count). The average molecular weight is 482 g/mol. The molecule has 1 aromatic heterocycles. The molecule has 168 valence electrons. The highest BCUT2D eigenvalue weighted by Gasteiger charge is 2.40. The fourth-order valence-electron chi connectivity index (χ4n) is 3.16. The van der Waals surface area contributed by atoms with E-state index in [0.29, 0.717) is 16.2 Å². The fraction of sp³-hybridized carbons (Fsp3) is 0.250. The van der Waals surface area contributed by atoms with Gasteiger partial charge in [-0.2, -0.15) is 0 Å². The molecule has 1 aliphatic heterocycles. The van der Waals surface area contributed by atoms with E-state index in [1.807, 2.05) is 0 Å². The molecule has 0 aliphatic carbocycles. The molecule has 0 unspecified atom stereocenters. The summed E-state index contributed by atoms with van der Waals surface area (Å²) < 4.78 is 19.9. The number of imide groups is 1. The van der Waals surface area contributed by atoms with Crippen molar-refractivity contribution in [2.45, 2.75) is 19.3 Å². The Hall–Kier alpha value is -3.31. The number of ketones is 1. The summed E-state index contributed by atoms with van der Waals surface area (Å²) in [5.74, 6) is -1.98. The van der Waals surface area contributed by atoms with E-state index in [1.54, 1.807) is 17.5 Å². The van der Waals surface area contributed by atoms with Crippen molar-refractivity contribution in [2.75, 3.05) is 18.1 Å². The second-order valence-corrected chi connectivity index (χ2v) is 8.14. The third kappa shape index (κ3) is 4.94. The van der Waals surface area contributed by atoms with E-state index in [0.717, 1.165) is 12.1 Å². The standard InChI is InChI=1S/C20H17ClFN3O6S/c21-13-9-15-12(8-14(13)22)17(19(27)25(15)20(23)28)18(16-5-3-7-32-16)31-10-11(26)4-1-2-6-24(29)30/h3,5,7-9H,1-2,4,6,10H2,(H2,23,28)/b18-17+. The molecule has 0 radical (unpaired) electrons. The van der Waals surface area contributed by atoms with Gasteiger partial charge in [0.2, 0.25) is 6.54 Å². The van der Waals surface area contributed by atoms with Gasteiger partial charge in [-0.15, -0.1) is 11.3 Å². The maximum Gasteiger partial charge on any atom is 0.326 e. The van der Waals surface area contributed by atoms with Gasteiger partial charge < -0.3 is 10.5 Å². The van der Waals surface area contributed by atoms with E-state index in [-0.39, 0.29) is 52.8 Å². The zero-order valence-corrected chi connectivity index (χ0v) is 18.1. The number of primary amides is 1. The van der Waals surface area contributed by atoms with E-state index in [2.05, 4.69) is 0 Å². The van der Waals surface area contributed by atoms with Crippen LogP contribution >= 0.6 is 22.9 Å². The summed E-state index contributed by atoms with van der Waals surface area (Å²) in [5, 5.41) is 11.8. The number of rotatable bonds is 9. The molecule has 0 spiro atoms. The predicted molar refractivity (Wildman–Crippen MR) is 116 cm³/mol. The minimum atomic E-state index is -1.08. The number of nitrogens with zero attached hydrogens (tertiary/aromatic N) is 2. The number of anilines is 1. The number of Topliss-reactive ketones (excluding diaryl/α,β-unsaturated/α-hetero) is 1. The molecular weight excluding hydrogens is 465 g/mol. The van der Waals surface area contributed by atoms with Gasteiger partial charge in [-0.05, 0) is 30.0 Å². The Morgan fingerprint density at radius 2 is 2.06 bits per heavy atom. The van der Waals surface area contributed by atoms with E-state index < -0.39 is 29.3 Å². The number of carbonyl (C=O) groups is 3. The Morgan fingerprint density at radius 1 is 1.31 bits per heavy atom. The Labute approximate surface area is 190 Å². The van der Waals surface area contributed by atoms with Crippen LogP contribution in [0.3, 0.4) is 0 Å². The van der Waals surface area contributed by atoms with E-state index >= 15 is 0 Å². The van der Waals surface area contributed by atoms with Crippen LogP contribution in [0.15, 0.2) is 29.6 Å². The highest BCUT2D eigenvalue weighted by atomic mass is 35.5. The van der Waals surface area contributed by atoms with Crippen LogP contribution in [0, 0.1) is 15.9 Å². The Balaban J connectivity index is 1.95. The zero-order valence-electron chi connectivity index (χ0n) is 16.5. The van der Waals surface area contributed by atoms with Crippen LogP contribution in [0.1, 0.15) is 29.7 Å². The van der Waals surface area contributed by atoms with Crippen LogP contribution in [0.2, 0.25) is 5.02 Å². The summed E-state index contributed by atoms with van der Waals surface area (Å²) in [6, 6.07) is 4.37. The number of carbonyl (C=O) groups excluding carboxylic acids is 3. The summed E-state index contributed by atoms with van der Waals surface area (Å²) >= 11 is 7.03. The van der Waals surface area contributed by atoms with Crippen LogP contribution in [0.4, 0.5) is 14.9 Å². The number of amides is 3. The Kier molecular flexibility index (Phi) is 7.21. The molecule has 1 aliphatic rings.